The van der Waals surface area contributed by atoms with Gasteiger partial charge in [-0.25, -0.2) is 5.43 Å². The van der Waals surface area contributed by atoms with E-state index in [-0.39, 0.29) is 11.7 Å². The Bertz CT molecular complexity index is 1050. The van der Waals surface area contributed by atoms with Crippen molar-refractivity contribution in [1.29, 1.82) is 0 Å². The number of aryl methyl sites for hydroxylation is 1. The van der Waals surface area contributed by atoms with Crippen LogP contribution in [0.4, 0.5) is 0 Å². The van der Waals surface area contributed by atoms with E-state index in [0.29, 0.717) is 29.7 Å². The lowest BCUT2D eigenvalue weighted by molar-refractivity contribution is -0.118. The summed E-state index contributed by atoms with van der Waals surface area (Å²) in [6.07, 6.45) is 1.58. The van der Waals surface area contributed by atoms with E-state index in [1.807, 2.05) is 49.4 Å². The second kappa shape index (κ2) is 12.2. The van der Waals surface area contributed by atoms with Crippen LogP contribution in [-0.2, 0) is 11.4 Å². The molecule has 0 bridgehead atoms. The molecule has 3 aromatic carbocycles. The number of nitrogens with zero attached hydrogens (tertiary/aromatic N) is 1. The molecule has 1 N–H and O–H groups in total. The number of nitrogens with one attached hydrogen (secondary N) is 1. The van der Waals surface area contributed by atoms with E-state index in [4.69, 9.17) is 21.1 Å². The van der Waals surface area contributed by atoms with E-state index >= 15 is 0 Å². The molecule has 0 saturated carbocycles. The number of carbonyl (C=O) groups excluding carboxylic acids is 1. The summed E-state index contributed by atoms with van der Waals surface area (Å²) >= 11 is 7.29. The molecule has 0 radical (unpaired) electrons. The van der Waals surface area contributed by atoms with E-state index in [0.717, 1.165) is 16.0 Å². The highest BCUT2D eigenvalue weighted by molar-refractivity contribution is 8.00. The normalized spacial score (nSPS) is 10.8. The van der Waals surface area contributed by atoms with Crippen molar-refractivity contribution in [3.63, 3.8) is 0 Å². The number of thioether (sulfide) groups is 1. The monoisotopic (exact) mass is 468 g/mol. The number of halogens is 1. The van der Waals surface area contributed by atoms with Gasteiger partial charge < -0.3 is 9.47 Å². The van der Waals surface area contributed by atoms with E-state index in [2.05, 4.69) is 29.6 Å². The number of benzene rings is 3. The molecule has 3 rings (SSSR count). The number of hydrazone groups is 1. The smallest absolute Gasteiger partial charge is 0.250 e. The molecular formula is C25H25ClN2O3S. The predicted octanol–water partition coefficient (Wildman–Crippen LogP) is 5.87. The van der Waals surface area contributed by atoms with Gasteiger partial charge in [0.15, 0.2) is 11.5 Å². The third-order valence-electron chi connectivity index (χ3n) is 4.37. The fourth-order valence-electron chi connectivity index (χ4n) is 2.73. The highest BCUT2D eigenvalue weighted by Crippen LogP contribution is 2.29. The summed E-state index contributed by atoms with van der Waals surface area (Å²) in [5, 5.41) is 4.71. The number of ether oxygens (including phenoxy) is 2. The van der Waals surface area contributed by atoms with Crippen molar-refractivity contribution < 1.29 is 14.3 Å². The van der Waals surface area contributed by atoms with E-state index in [9.17, 15) is 4.79 Å². The second-order valence-electron chi connectivity index (χ2n) is 6.95. The maximum absolute atomic E-state index is 12.0. The topological polar surface area (TPSA) is 59.9 Å². The molecule has 5 nitrogen and oxygen atoms in total. The highest BCUT2D eigenvalue weighted by atomic mass is 35.5. The van der Waals surface area contributed by atoms with Gasteiger partial charge in [-0.05, 0) is 67.4 Å². The minimum absolute atomic E-state index is 0.190. The van der Waals surface area contributed by atoms with Gasteiger partial charge in [0.25, 0.3) is 0 Å². The van der Waals surface area contributed by atoms with Crippen LogP contribution in [0.25, 0.3) is 0 Å². The van der Waals surface area contributed by atoms with Gasteiger partial charge in [-0.2, -0.15) is 5.10 Å². The van der Waals surface area contributed by atoms with Gasteiger partial charge in [-0.15, -0.1) is 11.8 Å². The Hall–Kier alpha value is -2.96. The quantitative estimate of drug-likeness (QED) is 0.230. The SMILES string of the molecule is CCOc1cc(/C=N\NC(=O)CSc2ccc(Cl)cc2)ccc1OCc1ccc(C)cc1. The summed E-state index contributed by atoms with van der Waals surface area (Å²) in [5.41, 5.74) is 5.63. The number of carbonyl (C=O) groups is 1. The van der Waals surface area contributed by atoms with Crippen LogP contribution in [0.5, 0.6) is 11.5 Å². The van der Waals surface area contributed by atoms with Crippen molar-refractivity contribution in [2.45, 2.75) is 25.3 Å². The highest BCUT2D eigenvalue weighted by Gasteiger charge is 2.07. The zero-order valence-electron chi connectivity index (χ0n) is 18.0. The van der Waals surface area contributed by atoms with Gasteiger partial charge in [0, 0.05) is 9.92 Å². The molecule has 0 aliphatic rings. The summed E-state index contributed by atoms with van der Waals surface area (Å²) in [7, 11) is 0. The van der Waals surface area contributed by atoms with Crippen LogP contribution in [0.1, 0.15) is 23.6 Å². The van der Waals surface area contributed by atoms with Crippen LogP contribution < -0.4 is 14.9 Å². The van der Waals surface area contributed by atoms with Gasteiger partial charge in [0.1, 0.15) is 6.61 Å². The van der Waals surface area contributed by atoms with Gasteiger partial charge in [-0.3, -0.25) is 4.79 Å². The molecule has 0 aromatic heterocycles. The minimum Gasteiger partial charge on any atom is -0.490 e. The zero-order valence-corrected chi connectivity index (χ0v) is 19.6. The fraction of sp³-hybridized carbons (Fsp3) is 0.200. The van der Waals surface area contributed by atoms with Gasteiger partial charge in [0.05, 0.1) is 18.6 Å². The Morgan fingerprint density at radius 3 is 2.50 bits per heavy atom. The molecule has 3 aromatic rings. The molecular weight excluding hydrogens is 444 g/mol. The molecule has 0 unspecified atom stereocenters. The molecule has 0 aliphatic carbocycles. The minimum atomic E-state index is -0.190. The van der Waals surface area contributed by atoms with Gasteiger partial charge in [-0.1, -0.05) is 41.4 Å². The molecule has 0 fully saturated rings. The largest absolute Gasteiger partial charge is 0.490 e. The van der Waals surface area contributed by atoms with Crippen LogP contribution >= 0.6 is 23.4 Å². The third-order valence-corrected chi connectivity index (χ3v) is 5.63. The van der Waals surface area contributed by atoms with Crippen molar-refractivity contribution in [3.8, 4) is 11.5 Å². The molecule has 0 aliphatic heterocycles. The Morgan fingerprint density at radius 2 is 1.78 bits per heavy atom. The van der Waals surface area contributed by atoms with Crippen LogP contribution in [0.15, 0.2) is 76.7 Å². The number of rotatable bonds is 10. The molecule has 0 spiro atoms. The zero-order chi connectivity index (χ0) is 22.8. The average Bonchev–Trinajstić information content (AvgIpc) is 2.79. The van der Waals surface area contributed by atoms with Crippen LogP contribution in [0.3, 0.4) is 0 Å². The maximum atomic E-state index is 12.0. The second-order valence-corrected chi connectivity index (χ2v) is 8.43. The first-order valence-corrected chi connectivity index (χ1v) is 11.6. The van der Waals surface area contributed by atoms with E-state index in [1.54, 1.807) is 18.3 Å². The predicted molar refractivity (Wildman–Crippen MR) is 131 cm³/mol. The summed E-state index contributed by atoms with van der Waals surface area (Å²) in [6, 6.07) is 21.1. The lowest BCUT2D eigenvalue weighted by Gasteiger charge is -2.12. The van der Waals surface area contributed by atoms with Gasteiger partial charge >= 0.3 is 0 Å². The molecule has 32 heavy (non-hydrogen) atoms. The number of amides is 1. The molecule has 0 atom stereocenters. The first kappa shape index (κ1) is 23.7. The van der Waals surface area contributed by atoms with Crippen molar-refractivity contribution in [3.05, 3.63) is 88.4 Å². The molecule has 166 valence electrons. The van der Waals surface area contributed by atoms with Crippen LogP contribution in [0.2, 0.25) is 5.02 Å². The third kappa shape index (κ3) is 7.62. The lowest BCUT2D eigenvalue weighted by Crippen LogP contribution is -2.19. The Balaban J connectivity index is 1.54. The van der Waals surface area contributed by atoms with Crippen LogP contribution in [-0.4, -0.2) is 24.5 Å². The molecule has 7 heteroatoms. The maximum Gasteiger partial charge on any atom is 0.250 e. The lowest BCUT2D eigenvalue weighted by atomic mass is 10.2. The van der Waals surface area contributed by atoms with E-state index < -0.39 is 0 Å². The van der Waals surface area contributed by atoms with Crippen molar-refractivity contribution in [2.24, 2.45) is 5.10 Å². The molecule has 0 saturated heterocycles. The Kier molecular flexibility index (Phi) is 9.01. The number of hydrogen-bond acceptors (Lipinski definition) is 5. The standard InChI is InChI=1S/C25H25ClN2O3S/c1-3-30-24-14-20(8-13-23(24)31-16-19-6-4-18(2)5-7-19)15-27-28-25(29)17-32-22-11-9-21(26)10-12-22/h4-15H,3,16-17H2,1-2H3,(H,28,29)/b27-15-. The first-order valence-electron chi connectivity index (χ1n) is 10.2. The number of hydrogen-bond donors (Lipinski definition) is 1. The average molecular weight is 469 g/mol. The first-order chi connectivity index (χ1) is 15.5. The Labute approximate surface area is 197 Å². The summed E-state index contributed by atoms with van der Waals surface area (Å²) < 4.78 is 11.7. The molecule has 1 amide bonds. The van der Waals surface area contributed by atoms with Crippen molar-refractivity contribution in [1.82, 2.24) is 5.43 Å². The fourth-order valence-corrected chi connectivity index (χ4v) is 3.55. The summed E-state index contributed by atoms with van der Waals surface area (Å²) in [5.74, 6) is 1.36. The van der Waals surface area contributed by atoms with E-state index in [1.165, 1.54) is 17.3 Å². The summed E-state index contributed by atoms with van der Waals surface area (Å²) in [4.78, 5) is 13.0. The molecule has 0 heterocycles. The van der Waals surface area contributed by atoms with Gasteiger partial charge in [0.2, 0.25) is 5.91 Å². The van der Waals surface area contributed by atoms with Crippen molar-refractivity contribution >= 4 is 35.5 Å². The van der Waals surface area contributed by atoms with Crippen LogP contribution in [0, 0.1) is 6.92 Å². The summed E-state index contributed by atoms with van der Waals surface area (Å²) in [6.45, 7) is 4.94. The Morgan fingerprint density at radius 1 is 1.03 bits per heavy atom. The van der Waals surface area contributed by atoms with Crippen molar-refractivity contribution in [2.75, 3.05) is 12.4 Å².